The summed E-state index contributed by atoms with van der Waals surface area (Å²) in [6.07, 6.45) is 2.23. The number of nitrogen functional groups attached to an aromatic ring is 1. The van der Waals surface area contributed by atoms with E-state index in [2.05, 4.69) is 4.90 Å². The molecule has 3 N–H and O–H groups in total. The third-order valence-corrected chi connectivity index (χ3v) is 7.97. The van der Waals surface area contributed by atoms with Crippen LogP contribution in [0.3, 0.4) is 0 Å². The molecule has 5 nitrogen and oxygen atoms in total. The number of piperidine rings is 1. The highest BCUT2D eigenvalue weighted by Crippen LogP contribution is 2.34. The van der Waals surface area contributed by atoms with Crippen LogP contribution in [0.15, 0.2) is 72.8 Å². The van der Waals surface area contributed by atoms with E-state index >= 15 is 0 Å². The van der Waals surface area contributed by atoms with Crippen LogP contribution in [-0.2, 0) is 5.60 Å². The van der Waals surface area contributed by atoms with E-state index in [9.17, 15) is 9.90 Å². The Hall–Kier alpha value is -2.57. The fourth-order valence-corrected chi connectivity index (χ4v) is 5.27. The Labute approximate surface area is 223 Å². The average Bonchev–Trinajstić information content (AvgIpc) is 2.89. The topological polar surface area (TPSA) is 69.8 Å². The van der Waals surface area contributed by atoms with E-state index in [1.165, 1.54) is 0 Å². The van der Waals surface area contributed by atoms with E-state index in [0.717, 1.165) is 37.2 Å². The largest absolute Gasteiger partial charge is 0.398 e. The van der Waals surface area contributed by atoms with E-state index in [4.69, 9.17) is 28.9 Å². The zero-order valence-corrected chi connectivity index (χ0v) is 22.1. The lowest BCUT2D eigenvalue weighted by molar-refractivity contribution is -0.0264. The molecular weight excluding hydrogens is 493 g/mol. The fourth-order valence-electron chi connectivity index (χ4n) is 4.96. The summed E-state index contributed by atoms with van der Waals surface area (Å²) in [5, 5.41) is 12.2. The molecule has 190 valence electrons. The molecule has 1 saturated heterocycles. The molecule has 0 saturated carbocycles. The minimum absolute atomic E-state index is 0.0635. The third-order valence-electron chi connectivity index (χ3n) is 7.24. The van der Waals surface area contributed by atoms with Gasteiger partial charge < -0.3 is 20.6 Å². The molecule has 0 aliphatic carbocycles. The Morgan fingerprint density at radius 3 is 2.36 bits per heavy atom. The predicted molar refractivity (Wildman–Crippen MR) is 148 cm³/mol. The van der Waals surface area contributed by atoms with E-state index in [0.29, 0.717) is 40.7 Å². The zero-order chi connectivity index (χ0) is 25.7. The number of para-hydroxylation sites is 1. The van der Waals surface area contributed by atoms with Crippen molar-refractivity contribution in [3.05, 3.63) is 99.5 Å². The standard InChI is InChI=1S/C29H33Cl2N3O2/c1-33(28(35)24-9-5-6-10-27(24)32)20-22(21-11-12-25(30)26(31)19-21)13-16-34-17-14-29(36,15-18-34)23-7-3-2-4-8-23/h2-12,19,22,36H,13-18,20,32H2,1H3/t22-/m0/s1. The summed E-state index contributed by atoms with van der Waals surface area (Å²) in [4.78, 5) is 17.2. The van der Waals surface area contributed by atoms with Gasteiger partial charge in [-0.15, -0.1) is 0 Å². The summed E-state index contributed by atoms with van der Waals surface area (Å²) in [6.45, 7) is 3.00. The highest BCUT2D eigenvalue weighted by molar-refractivity contribution is 6.42. The number of rotatable bonds is 8. The Morgan fingerprint density at radius 2 is 1.69 bits per heavy atom. The van der Waals surface area contributed by atoms with Gasteiger partial charge in [0.25, 0.3) is 5.91 Å². The maximum atomic E-state index is 13.1. The summed E-state index contributed by atoms with van der Waals surface area (Å²) >= 11 is 12.5. The number of aliphatic hydroxyl groups is 1. The van der Waals surface area contributed by atoms with Crippen LogP contribution < -0.4 is 5.73 Å². The summed E-state index contributed by atoms with van der Waals surface area (Å²) in [5.74, 6) is -0.0438. The maximum Gasteiger partial charge on any atom is 0.255 e. The molecule has 4 rings (SSSR count). The smallest absolute Gasteiger partial charge is 0.255 e. The van der Waals surface area contributed by atoms with E-state index in [1.807, 2.05) is 60.7 Å². The van der Waals surface area contributed by atoms with Crippen molar-refractivity contribution >= 4 is 34.8 Å². The number of halogens is 2. The van der Waals surface area contributed by atoms with Gasteiger partial charge in [-0.05, 0) is 61.2 Å². The number of hydrogen-bond donors (Lipinski definition) is 2. The number of carbonyl (C=O) groups is 1. The molecule has 0 spiro atoms. The lowest BCUT2D eigenvalue weighted by Gasteiger charge is -2.39. The van der Waals surface area contributed by atoms with Crippen LogP contribution in [0.4, 0.5) is 5.69 Å². The molecule has 1 fully saturated rings. The number of nitrogens with zero attached hydrogens (tertiary/aromatic N) is 2. The molecule has 1 amide bonds. The van der Waals surface area contributed by atoms with Crippen LogP contribution in [0.5, 0.6) is 0 Å². The summed E-state index contributed by atoms with van der Waals surface area (Å²) in [6, 6.07) is 22.8. The number of nitrogens with two attached hydrogens (primary N) is 1. The minimum Gasteiger partial charge on any atom is -0.398 e. The first-order valence-corrected chi connectivity index (χ1v) is 13.1. The molecule has 1 aliphatic rings. The normalized spacial score (nSPS) is 16.4. The van der Waals surface area contributed by atoms with Crippen LogP contribution in [0, 0.1) is 0 Å². The molecule has 7 heteroatoms. The Morgan fingerprint density at radius 1 is 1.03 bits per heavy atom. The fraction of sp³-hybridized carbons (Fsp3) is 0.345. The SMILES string of the molecule is CN(C[C@H](CCN1CCC(O)(c2ccccc2)CC1)c1ccc(Cl)c(Cl)c1)C(=O)c1ccccc1N. The Kier molecular flexibility index (Phi) is 8.58. The van der Waals surface area contributed by atoms with Crippen molar-refractivity contribution in [1.29, 1.82) is 0 Å². The molecule has 1 heterocycles. The molecule has 1 atom stereocenters. The average molecular weight is 527 g/mol. The van der Waals surface area contributed by atoms with Crippen LogP contribution in [0.25, 0.3) is 0 Å². The Balaban J connectivity index is 1.44. The Bertz CT molecular complexity index is 1180. The number of likely N-dealkylation sites (N-methyl/N-ethyl adjacent to an activating group) is 1. The van der Waals surface area contributed by atoms with Gasteiger partial charge in [0.05, 0.1) is 21.2 Å². The second-order valence-electron chi connectivity index (χ2n) is 9.67. The summed E-state index contributed by atoms with van der Waals surface area (Å²) < 4.78 is 0. The van der Waals surface area contributed by atoms with Crippen LogP contribution in [0.1, 0.15) is 46.7 Å². The quantitative estimate of drug-likeness (QED) is 0.364. The lowest BCUT2D eigenvalue weighted by Crippen LogP contribution is -2.43. The summed E-state index contributed by atoms with van der Waals surface area (Å²) in [7, 11) is 1.81. The number of amides is 1. The van der Waals surface area contributed by atoms with Gasteiger partial charge >= 0.3 is 0 Å². The van der Waals surface area contributed by atoms with Gasteiger partial charge in [0.2, 0.25) is 0 Å². The number of carbonyl (C=O) groups excluding carboxylic acids is 1. The van der Waals surface area contributed by atoms with Crippen molar-refractivity contribution in [2.24, 2.45) is 0 Å². The number of benzene rings is 3. The zero-order valence-electron chi connectivity index (χ0n) is 20.5. The highest BCUT2D eigenvalue weighted by Gasteiger charge is 2.34. The number of hydrogen-bond acceptors (Lipinski definition) is 4. The van der Waals surface area contributed by atoms with Crippen molar-refractivity contribution in [2.75, 3.05) is 39.0 Å². The second-order valence-corrected chi connectivity index (χ2v) is 10.5. The molecule has 0 aromatic heterocycles. The molecular formula is C29H33Cl2N3O2. The van der Waals surface area contributed by atoms with Crippen molar-refractivity contribution < 1.29 is 9.90 Å². The predicted octanol–water partition coefficient (Wildman–Crippen LogP) is 5.81. The van der Waals surface area contributed by atoms with Gasteiger partial charge in [-0.1, -0.05) is 71.7 Å². The molecule has 3 aromatic carbocycles. The third kappa shape index (κ3) is 6.22. The van der Waals surface area contributed by atoms with E-state index in [1.54, 1.807) is 24.1 Å². The van der Waals surface area contributed by atoms with Gasteiger partial charge in [0.15, 0.2) is 0 Å². The van der Waals surface area contributed by atoms with E-state index < -0.39 is 5.60 Å². The van der Waals surface area contributed by atoms with Crippen LogP contribution in [0.2, 0.25) is 10.0 Å². The van der Waals surface area contributed by atoms with Gasteiger partial charge in [0.1, 0.15) is 0 Å². The molecule has 36 heavy (non-hydrogen) atoms. The first-order valence-electron chi connectivity index (χ1n) is 12.3. The van der Waals surface area contributed by atoms with Crippen molar-refractivity contribution in [2.45, 2.75) is 30.8 Å². The van der Waals surface area contributed by atoms with Crippen molar-refractivity contribution in [3.8, 4) is 0 Å². The molecule has 0 unspecified atom stereocenters. The first-order chi connectivity index (χ1) is 17.3. The van der Waals surface area contributed by atoms with E-state index in [-0.39, 0.29) is 11.8 Å². The molecule has 3 aromatic rings. The van der Waals surface area contributed by atoms with Gasteiger partial charge in [-0.25, -0.2) is 0 Å². The maximum absolute atomic E-state index is 13.1. The number of likely N-dealkylation sites (tertiary alicyclic amines) is 1. The van der Waals surface area contributed by atoms with Gasteiger partial charge in [-0.3, -0.25) is 4.79 Å². The van der Waals surface area contributed by atoms with Gasteiger partial charge in [0, 0.05) is 38.3 Å². The molecule has 0 radical (unpaired) electrons. The monoisotopic (exact) mass is 525 g/mol. The highest BCUT2D eigenvalue weighted by atomic mass is 35.5. The molecule has 1 aliphatic heterocycles. The van der Waals surface area contributed by atoms with Gasteiger partial charge in [-0.2, -0.15) is 0 Å². The first kappa shape index (κ1) is 26.5. The number of anilines is 1. The van der Waals surface area contributed by atoms with Crippen molar-refractivity contribution in [1.82, 2.24) is 9.80 Å². The van der Waals surface area contributed by atoms with Crippen molar-refractivity contribution in [3.63, 3.8) is 0 Å². The lowest BCUT2D eigenvalue weighted by atomic mass is 9.84. The van der Waals surface area contributed by atoms with Crippen LogP contribution in [-0.4, -0.2) is 54.0 Å². The molecule has 0 bridgehead atoms. The second kappa shape index (κ2) is 11.7. The summed E-state index contributed by atoms with van der Waals surface area (Å²) in [5.41, 5.74) is 8.28. The van der Waals surface area contributed by atoms with Crippen LogP contribution >= 0.6 is 23.2 Å². The minimum atomic E-state index is -0.775.